The summed E-state index contributed by atoms with van der Waals surface area (Å²) in [5.41, 5.74) is 4.81. The monoisotopic (exact) mass is 550 g/mol. The number of amides is 2. The normalized spacial score (nSPS) is 10.6. The lowest BCUT2D eigenvalue weighted by Gasteiger charge is -2.10. The van der Waals surface area contributed by atoms with Crippen molar-refractivity contribution in [1.29, 1.82) is 0 Å². The predicted octanol–water partition coefficient (Wildman–Crippen LogP) is 8.14. The number of unbranched alkanes of at least 4 members (excludes halogenated alkanes) is 2. The van der Waals surface area contributed by atoms with Crippen LogP contribution in [0.15, 0.2) is 97.1 Å². The standard InChI is InChI=1S/C35H38N2O4/c1-3-5-21-40-32-11-7-9-28(24-32)34(38)36-30-17-13-26(14-18-30)23-27-15-19-31(20-16-27)37-35(39)29-10-8-12-33(25-29)41-22-6-4-2/h7-20,24-25H,3-6,21-23H2,1-2H3,(H,36,38)(H,37,39). The van der Waals surface area contributed by atoms with E-state index in [1.54, 1.807) is 24.3 Å². The zero-order chi connectivity index (χ0) is 28.9. The molecule has 0 fully saturated rings. The van der Waals surface area contributed by atoms with Crippen molar-refractivity contribution in [2.75, 3.05) is 23.8 Å². The number of carbonyl (C=O) groups excluding carboxylic acids is 2. The van der Waals surface area contributed by atoms with E-state index in [-0.39, 0.29) is 11.8 Å². The molecule has 4 aromatic rings. The third-order valence-electron chi connectivity index (χ3n) is 6.56. The van der Waals surface area contributed by atoms with Gasteiger partial charge in [-0.05, 0) is 91.1 Å². The van der Waals surface area contributed by atoms with Gasteiger partial charge in [0, 0.05) is 22.5 Å². The summed E-state index contributed by atoms with van der Waals surface area (Å²) >= 11 is 0. The Balaban J connectivity index is 1.28. The van der Waals surface area contributed by atoms with Crippen molar-refractivity contribution in [3.8, 4) is 11.5 Å². The van der Waals surface area contributed by atoms with E-state index in [1.807, 2.05) is 72.8 Å². The number of benzene rings is 4. The molecule has 0 radical (unpaired) electrons. The fraction of sp³-hybridized carbons (Fsp3) is 0.257. The summed E-state index contributed by atoms with van der Waals surface area (Å²) in [6.45, 7) is 5.51. The molecule has 4 aromatic carbocycles. The fourth-order valence-electron chi connectivity index (χ4n) is 4.18. The second kappa shape index (κ2) is 15.3. The molecule has 0 saturated heterocycles. The Morgan fingerprint density at radius 1 is 0.585 bits per heavy atom. The van der Waals surface area contributed by atoms with Crippen LogP contribution in [0.4, 0.5) is 11.4 Å². The summed E-state index contributed by atoms with van der Waals surface area (Å²) in [5.74, 6) is 1.06. The van der Waals surface area contributed by atoms with Gasteiger partial charge in [-0.1, -0.05) is 63.1 Å². The molecular formula is C35H38N2O4. The van der Waals surface area contributed by atoms with Gasteiger partial charge in [0.05, 0.1) is 13.2 Å². The summed E-state index contributed by atoms with van der Waals surface area (Å²) in [4.78, 5) is 25.5. The molecule has 0 heterocycles. The number of hydrogen-bond donors (Lipinski definition) is 2. The highest BCUT2D eigenvalue weighted by molar-refractivity contribution is 6.05. The highest BCUT2D eigenvalue weighted by Crippen LogP contribution is 2.20. The molecule has 0 aliphatic rings. The summed E-state index contributed by atoms with van der Waals surface area (Å²) in [5, 5.41) is 5.91. The largest absolute Gasteiger partial charge is 0.494 e. The summed E-state index contributed by atoms with van der Waals surface area (Å²) in [7, 11) is 0. The van der Waals surface area contributed by atoms with Crippen LogP contribution in [0.1, 0.15) is 71.4 Å². The van der Waals surface area contributed by atoms with Gasteiger partial charge in [-0.3, -0.25) is 9.59 Å². The molecule has 0 aliphatic heterocycles. The van der Waals surface area contributed by atoms with Crippen molar-refractivity contribution in [3.63, 3.8) is 0 Å². The van der Waals surface area contributed by atoms with E-state index in [9.17, 15) is 9.59 Å². The zero-order valence-electron chi connectivity index (χ0n) is 23.8. The van der Waals surface area contributed by atoms with Crippen molar-refractivity contribution in [3.05, 3.63) is 119 Å². The summed E-state index contributed by atoms with van der Waals surface area (Å²) in [6, 6.07) is 30.1. The molecule has 212 valence electrons. The molecule has 2 N–H and O–H groups in total. The Kier molecular flexibility index (Phi) is 11.0. The maximum atomic E-state index is 12.7. The van der Waals surface area contributed by atoms with E-state index in [0.717, 1.165) is 54.6 Å². The number of rotatable bonds is 14. The van der Waals surface area contributed by atoms with E-state index in [0.29, 0.717) is 35.8 Å². The lowest BCUT2D eigenvalue weighted by Crippen LogP contribution is -2.12. The molecule has 6 nitrogen and oxygen atoms in total. The van der Waals surface area contributed by atoms with Gasteiger partial charge in [-0.25, -0.2) is 0 Å². The second-order valence-electron chi connectivity index (χ2n) is 9.94. The lowest BCUT2D eigenvalue weighted by atomic mass is 10.0. The van der Waals surface area contributed by atoms with Crippen LogP contribution in [0.25, 0.3) is 0 Å². The van der Waals surface area contributed by atoms with Crippen LogP contribution in [0, 0.1) is 0 Å². The van der Waals surface area contributed by atoms with E-state index in [1.165, 1.54) is 0 Å². The molecule has 0 bridgehead atoms. The second-order valence-corrected chi connectivity index (χ2v) is 9.94. The number of nitrogens with one attached hydrogen (secondary N) is 2. The van der Waals surface area contributed by atoms with Crippen LogP contribution in [0.2, 0.25) is 0 Å². The van der Waals surface area contributed by atoms with E-state index in [2.05, 4.69) is 24.5 Å². The smallest absolute Gasteiger partial charge is 0.255 e. The van der Waals surface area contributed by atoms with E-state index >= 15 is 0 Å². The lowest BCUT2D eigenvalue weighted by molar-refractivity contribution is 0.101. The number of anilines is 2. The van der Waals surface area contributed by atoms with Crippen molar-refractivity contribution in [2.45, 2.75) is 46.0 Å². The number of ether oxygens (including phenoxy) is 2. The molecule has 41 heavy (non-hydrogen) atoms. The average Bonchev–Trinajstić information content (AvgIpc) is 3.00. The molecule has 0 saturated carbocycles. The van der Waals surface area contributed by atoms with Gasteiger partial charge >= 0.3 is 0 Å². The van der Waals surface area contributed by atoms with Gasteiger partial charge in [0.25, 0.3) is 11.8 Å². The minimum Gasteiger partial charge on any atom is -0.494 e. The van der Waals surface area contributed by atoms with Gasteiger partial charge < -0.3 is 20.1 Å². The molecule has 0 spiro atoms. The first-order valence-corrected chi connectivity index (χ1v) is 14.3. The minimum absolute atomic E-state index is 0.174. The summed E-state index contributed by atoms with van der Waals surface area (Å²) in [6.07, 6.45) is 4.81. The SMILES string of the molecule is CCCCOc1cccc(C(=O)Nc2ccc(Cc3ccc(NC(=O)c4cccc(OCCCC)c4)cc3)cc2)c1. The Labute approximate surface area is 242 Å². The first-order valence-electron chi connectivity index (χ1n) is 14.3. The van der Waals surface area contributed by atoms with Crippen LogP contribution < -0.4 is 20.1 Å². The molecular weight excluding hydrogens is 512 g/mol. The topological polar surface area (TPSA) is 76.7 Å². The number of hydrogen-bond acceptors (Lipinski definition) is 4. The van der Waals surface area contributed by atoms with Crippen LogP contribution >= 0.6 is 0 Å². The third kappa shape index (κ3) is 9.24. The Hall–Kier alpha value is -4.58. The van der Waals surface area contributed by atoms with Crippen molar-refractivity contribution in [1.82, 2.24) is 0 Å². The number of carbonyl (C=O) groups is 2. The minimum atomic E-state index is -0.174. The Morgan fingerprint density at radius 2 is 1.00 bits per heavy atom. The van der Waals surface area contributed by atoms with Gasteiger partial charge in [0.1, 0.15) is 11.5 Å². The first kappa shape index (κ1) is 29.4. The van der Waals surface area contributed by atoms with Gasteiger partial charge in [0.15, 0.2) is 0 Å². The van der Waals surface area contributed by atoms with Crippen LogP contribution in [-0.2, 0) is 6.42 Å². The maximum Gasteiger partial charge on any atom is 0.255 e. The quantitative estimate of drug-likeness (QED) is 0.155. The third-order valence-corrected chi connectivity index (χ3v) is 6.56. The molecule has 2 amide bonds. The predicted molar refractivity (Wildman–Crippen MR) is 165 cm³/mol. The van der Waals surface area contributed by atoms with Crippen molar-refractivity contribution >= 4 is 23.2 Å². The van der Waals surface area contributed by atoms with Gasteiger partial charge in [-0.2, -0.15) is 0 Å². The Bertz CT molecular complexity index is 1310. The maximum absolute atomic E-state index is 12.7. The van der Waals surface area contributed by atoms with E-state index in [4.69, 9.17) is 9.47 Å². The van der Waals surface area contributed by atoms with Crippen LogP contribution in [0.3, 0.4) is 0 Å². The molecule has 0 atom stereocenters. The highest BCUT2D eigenvalue weighted by atomic mass is 16.5. The average molecular weight is 551 g/mol. The molecule has 0 unspecified atom stereocenters. The van der Waals surface area contributed by atoms with Crippen LogP contribution in [-0.4, -0.2) is 25.0 Å². The molecule has 0 aliphatic carbocycles. The van der Waals surface area contributed by atoms with Crippen LogP contribution in [0.5, 0.6) is 11.5 Å². The molecule has 0 aromatic heterocycles. The zero-order valence-corrected chi connectivity index (χ0v) is 23.8. The van der Waals surface area contributed by atoms with Crippen molar-refractivity contribution < 1.29 is 19.1 Å². The van der Waals surface area contributed by atoms with E-state index < -0.39 is 0 Å². The summed E-state index contributed by atoms with van der Waals surface area (Å²) < 4.78 is 11.4. The molecule has 4 rings (SSSR count). The molecule has 6 heteroatoms. The fourth-order valence-corrected chi connectivity index (χ4v) is 4.18. The van der Waals surface area contributed by atoms with Crippen molar-refractivity contribution in [2.24, 2.45) is 0 Å². The van der Waals surface area contributed by atoms with Gasteiger partial charge in [0.2, 0.25) is 0 Å². The Morgan fingerprint density at radius 3 is 1.39 bits per heavy atom. The first-order chi connectivity index (χ1) is 20.0. The van der Waals surface area contributed by atoms with Gasteiger partial charge in [-0.15, -0.1) is 0 Å². The highest BCUT2D eigenvalue weighted by Gasteiger charge is 2.09.